The molecule has 31 heavy (non-hydrogen) atoms. The zero-order valence-electron chi connectivity index (χ0n) is 17.4. The molecule has 0 N–H and O–H groups in total. The molecule has 2 heterocycles. The van der Waals surface area contributed by atoms with Gasteiger partial charge in [0.2, 0.25) is 5.89 Å². The van der Waals surface area contributed by atoms with Gasteiger partial charge >= 0.3 is 0 Å². The van der Waals surface area contributed by atoms with Gasteiger partial charge in [0.15, 0.2) is 5.58 Å². The van der Waals surface area contributed by atoms with Gasteiger partial charge in [0.05, 0.1) is 0 Å². The normalized spacial score (nSPS) is 11.8. The summed E-state index contributed by atoms with van der Waals surface area (Å²) in [6, 6.07) is 29.0. The summed E-state index contributed by atoms with van der Waals surface area (Å²) < 4.78 is 12.4. The molecule has 3 nitrogen and oxygen atoms in total. The molecule has 0 saturated heterocycles. The van der Waals surface area contributed by atoms with Crippen molar-refractivity contribution < 1.29 is 8.83 Å². The van der Waals surface area contributed by atoms with Gasteiger partial charge in [-0.15, -0.1) is 0 Å². The average Bonchev–Trinajstić information content (AvgIpc) is 3.40. The molecule has 0 aliphatic rings. The van der Waals surface area contributed by atoms with Crippen LogP contribution >= 0.6 is 0 Å². The number of hydrogen-bond acceptors (Lipinski definition) is 3. The van der Waals surface area contributed by atoms with Gasteiger partial charge in [0.25, 0.3) is 0 Å². The Balaban J connectivity index is 1.44. The van der Waals surface area contributed by atoms with Gasteiger partial charge in [0, 0.05) is 21.9 Å². The van der Waals surface area contributed by atoms with E-state index in [0.717, 1.165) is 49.7 Å². The van der Waals surface area contributed by atoms with Crippen molar-refractivity contribution in [2.45, 2.75) is 19.8 Å². The van der Waals surface area contributed by atoms with Gasteiger partial charge in [-0.3, -0.25) is 0 Å². The highest BCUT2D eigenvalue weighted by molar-refractivity contribution is 6.09. The third kappa shape index (κ3) is 2.85. The smallest absolute Gasteiger partial charge is 0.227 e. The van der Waals surface area contributed by atoms with Crippen molar-refractivity contribution in [1.82, 2.24) is 4.98 Å². The molecule has 0 unspecified atom stereocenters. The van der Waals surface area contributed by atoms with Crippen LogP contribution in [0, 0.1) is 0 Å². The molecular formula is C28H21NO2. The fourth-order valence-corrected chi connectivity index (χ4v) is 4.32. The minimum Gasteiger partial charge on any atom is -0.455 e. The highest BCUT2D eigenvalue weighted by Crippen LogP contribution is 2.36. The van der Waals surface area contributed by atoms with Crippen molar-refractivity contribution in [3.05, 3.63) is 90.5 Å². The van der Waals surface area contributed by atoms with E-state index in [-0.39, 0.29) is 0 Å². The topological polar surface area (TPSA) is 39.2 Å². The number of rotatable bonds is 3. The highest BCUT2D eigenvalue weighted by Gasteiger charge is 2.15. The molecule has 0 saturated carbocycles. The summed E-state index contributed by atoms with van der Waals surface area (Å²) >= 11 is 0. The van der Waals surface area contributed by atoms with Crippen LogP contribution in [-0.4, -0.2) is 4.98 Å². The summed E-state index contributed by atoms with van der Waals surface area (Å²) in [6.45, 7) is 4.34. The van der Waals surface area contributed by atoms with Crippen LogP contribution in [0.15, 0.2) is 93.8 Å². The first kappa shape index (κ1) is 18.0. The number of para-hydroxylation sites is 3. The van der Waals surface area contributed by atoms with Crippen molar-refractivity contribution in [3.8, 4) is 22.6 Å². The maximum atomic E-state index is 6.20. The van der Waals surface area contributed by atoms with Crippen molar-refractivity contribution in [3.63, 3.8) is 0 Å². The van der Waals surface area contributed by atoms with Crippen LogP contribution in [0.1, 0.15) is 25.3 Å². The monoisotopic (exact) mass is 403 g/mol. The molecule has 0 aliphatic carbocycles. The maximum absolute atomic E-state index is 6.20. The second-order valence-corrected chi connectivity index (χ2v) is 8.23. The molecule has 0 radical (unpaired) electrons. The Bertz CT molecular complexity index is 1550. The van der Waals surface area contributed by atoms with Gasteiger partial charge in [-0.1, -0.05) is 74.5 Å². The Morgan fingerprint density at radius 2 is 1.39 bits per heavy atom. The lowest BCUT2D eigenvalue weighted by Crippen LogP contribution is -1.86. The Morgan fingerprint density at radius 3 is 2.23 bits per heavy atom. The number of furan rings is 1. The van der Waals surface area contributed by atoms with Crippen molar-refractivity contribution in [2.24, 2.45) is 0 Å². The van der Waals surface area contributed by atoms with Gasteiger partial charge < -0.3 is 8.83 Å². The second-order valence-electron chi connectivity index (χ2n) is 8.23. The number of aromatic nitrogens is 1. The molecule has 6 aromatic rings. The molecule has 0 atom stereocenters. The zero-order chi connectivity index (χ0) is 20.9. The minimum absolute atomic E-state index is 0.385. The molecule has 6 rings (SSSR count). The third-order valence-corrected chi connectivity index (χ3v) is 5.91. The lowest BCUT2D eigenvalue weighted by atomic mass is 10.0. The Morgan fingerprint density at radius 1 is 0.645 bits per heavy atom. The number of benzene rings is 4. The fraction of sp³-hybridized carbons (Fsp3) is 0.107. The lowest BCUT2D eigenvalue weighted by molar-refractivity contribution is 0.611. The van der Waals surface area contributed by atoms with E-state index in [1.807, 2.05) is 30.3 Å². The largest absolute Gasteiger partial charge is 0.455 e. The molecule has 0 amide bonds. The fourth-order valence-electron chi connectivity index (χ4n) is 4.32. The van der Waals surface area contributed by atoms with E-state index in [1.54, 1.807) is 0 Å². The third-order valence-electron chi connectivity index (χ3n) is 5.91. The maximum Gasteiger partial charge on any atom is 0.227 e. The van der Waals surface area contributed by atoms with Crippen LogP contribution in [0.5, 0.6) is 0 Å². The summed E-state index contributed by atoms with van der Waals surface area (Å²) in [7, 11) is 0. The lowest BCUT2D eigenvalue weighted by Gasteiger charge is -2.04. The molecule has 4 aromatic carbocycles. The van der Waals surface area contributed by atoms with Crippen LogP contribution in [0.3, 0.4) is 0 Å². The standard InChI is InChI=1S/C28H21NO2/c1-17(2)20-8-6-11-24-27(20)31-28(29-24)19-15-13-18(14-16-19)21-9-5-10-23-22-7-3-4-12-25(22)30-26(21)23/h3-17H,1-2H3. The molecular weight excluding hydrogens is 382 g/mol. The van der Waals surface area contributed by atoms with Crippen LogP contribution in [0.25, 0.3) is 55.6 Å². The number of hydrogen-bond donors (Lipinski definition) is 0. The number of fused-ring (bicyclic) bond motifs is 4. The van der Waals surface area contributed by atoms with E-state index in [9.17, 15) is 0 Å². The zero-order valence-corrected chi connectivity index (χ0v) is 17.4. The van der Waals surface area contributed by atoms with E-state index in [0.29, 0.717) is 11.8 Å². The first-order chi connectivity index (χ1) is 15.2. The predicted molar refractivity (Wildman–Crippen MR) is 126 cm³/mol. The molecule has 3 heteroatoms. The molecule has 0 bridgehead atoms. The first-order valence-corrected chi connectivity index (χ1v) is 10.6. The number of oxazole rings is 1. The average molecular weight is 403 g/mol. The van der Waals surface area contributed by atoms with E-state index < -0.39 is 0 Å². The Kier molecular flexibility index (Phi) is 3.97. The van der Waals surface area contributed by atoms with E-state index >= 15 is 0 Å². The molecule has 0 spiro atoms. The summed E-state index contributed by atoms with van der Waals surface area (Å²) in [5.74, 6) is 1.03. The van der Waals surface area contributed by atoms with Crippen LogP contribution < -0.4 is 0 Å². The summed E-state index contributed by atoms with van der Waals surface area (Å²) in [5, 5.41) is 2.28. The Labute approximate surface area is 179 Å². The van der Waals surface area contributed by atoms with E-state index in [2.05, 4.69) is 68.4 Å². The van der Waals surface area contributed by atoms with Gasteiger partial charge in [-0.05, 0) is 41.3 Å². The van der Waals surface area contributed by atoms with Gasteiger partial charge in [-0.25, -0.2) is 4.98 Å². The van der Waals surface area contributed by atoms with E-state index in [4.69, 9.17) is 13.8 Å². The highest BCUT2D eigenvalue weighted by atomic mass is 16.3. The van der Waals surface area contributed by atoms with Crippen molar-refractivity contribution >= 4 is 33.0 Å². The summed E-state index contributed by atoms with van der Waals surface area (Å²) in [6.07, 6.45) is 0. The van der Waals surface area contributed by atoms with Crippen molar-refractivity contribution in [1.29, 1.82) is 0 Å². The van der Waals surface area contributed by atoms with Gasteiger partial charge in [-0.2, -0.15) is 0 Å². The quantitative estimate of drug-likeness (QED) is 0.299. The first-order valence-electron chi connectivity index (χ1n) is 10.6. The summed E-state index contributed by atoms with van der Waals surface area (Å²) in [4.78, 5) is 4.72. The SMILES string of the molecule is CC(C)c1cccc2nc(-c3ccc(-c4cccc5c4oc4ccccc45)cc3)oc12. The second kappa shape index (κ2) is 6.85. The van der Waals surface area contributed by atoms with Crippen LogP contribution in [-0.2, 0) is 0 Å². The minimum atomic E-state index is 0.385. The molecule has 150 valence electrons. The van der Waals surface area contributed by atoms with Gasteiger partial charge in [0.1, 0.15) is 16.7 Å². The Hall–Kier alpha value is -3.85. The predicted octanol–water partition coefficient (Wildman–Crippen LogP) is 8.18. The van der Waals surface area contributed by atoms with Crippen molar-refractivity contribution in [2.75, 3.05) is 0 Å². The molecule has 0 fully saturated rings. The van der Waals surface area contributed by atoms with Crippen LogP contribution in [0.4, 0.5) is 0 Å². The summed E-state index contributed by atoms with van der Waals surface area (Å²) in [5.41, 5.74) is 7.94. The molecule has 0 aliphatic heterocycles. The van der Waals surface area contributed by atoms with E-state index in [1.165, 1.54) is 5.56 Å². The number of nitrogens with zero attached hydrogens (tertiary/aromatic N) is 1. The van der Waals surface area contributed by atoms with Crippen LogP contribution in [0.2, 0.25) is 0 Å². The molecule has 2 aromatic heterocycles.